The Morgan fingerprint density at radius 1 is 1.36 bits per heavy atom. The monoisotopic (exact) mass is 305 g/mol. The summed E-state index contributed by atoms with van der Waals surface area (Å²) in [4.78, 5) is 35.1. The molecule has 3 rings (SSSR count). The number of rotatable bonds is 4. The highest BCUT2D eigenvalue weighted by Gasteiger charge is 2.38. The van der Waals surface area contributed by atoms with Crippen LogP contribution >= 0.6 is 0 Å². The highest BCUT2D eigenvalue weighted by atomic mass is 16.7. The van der Waals surface area contributed by atoms with E-state index < -0.39 is 17.7 Å². The molecule has 2 aliphatic rings. The van der Waals surface area contributed by atoms with Crippen molar-refractivity contribution in [2.45, 2.75) is 13.0 Å². The summed E-state index contributed by atoms with van der Waals surface area (Å²) in [5, 5.41) is 3.78. The lowest BCUT2D eigenvalue weighted by atomic mass is 10.0. The molecule has 0 saturated carbocycles. The van der Waals surface area contributed by atoms with E-state index in [4.69, 9.17) is 9.47 Å². The fraction of sp³-hybridized carbons (Fsp3) is 0.357. The van der Waals surface area contributed by atoms with E-state index in [9.17, 15) is 14.4 Å². The van der Waals surface area contributed by atoms with Crippen LogP contribution < -0.4 is 20.2 Å². The molecule has 22 heavy (non-hydrogen) atoms. The summed E-state index contributed by atoms with van der Waals surface area (Å²) in [6, 6.07) is 5.37. The lowest BCUT2D eigenvalue weighted by Gasteiger charge is -2.08. The predicted octanol–water partition coefficient (Wildman–Crippen LogP) is -0.459. The Kier molecular flexibility index (Phi) is 3.58. The normalized spacial score (nSPS) is 19.3. The van der Waals surface area contributed by atoms with Crippen LogP contribution in [-0.4, -0.2) is 36.6 Å². The molecule has 0 bridgehead atoms. The molecule has 8 nitrogen and oxygen atoms in total. The molecule has 0 radical (unpaired) electrons. The highest BCUT2D eigenvalue weighted by Crippen LogP contribution is 2.32. The van der Waals surface area contributed by atoms with E-state index in [0.29, 0.717) is 11.5 Å². The van der Waals surface area contributed by atoms with Gasteiger partial charge in [0.25, 0.3) is 11.8 Å². The fourth-order valence-electron chi connectivity index (χ4n) is 2.33. The highest BCUT2D eigenvalue weighted by molar-refractivity contribution is 6.07. The lowest BCUT2D eigenvalue weighted by molar-refractivity contribution is -0.135. The van der Waals surface area contributed by atoms with Crippen molar-refractivity contribution in [3.05, 3.63) is 23.8 Å². The van der Waals surface area contributed by atoms with Gasteiger partial charge in [0.2, 0.25) is 12.7 Å². The predicted molar refractivity (Wildman–Crippen MR) is 73.4 cm³/mol. The first-order valence-corrected chi connectivity index (χ1v) is 6.78. The standard InChI is InChI=1S/C14H15N3O5/c1-17-14(20)9(13(19)16-17)5-12(18)15-6-8-2-3-10-11(4-8)22-7-21-10/h2-4,9H,5-7H2,1H3,(H,15,18)(H,16,19). The van der Waals surface area contributed by atoms with Crippen molar-refractivity contribution in [2.75, 3.05) is 13.8 Å². The van der Waals surface area contributed by atoms with E-state index in [1.54, 1.807) is 12.1 Å². The Balaban J connectivity index is 1.54. The van der Waals surface area contributed by atoms with Gasteiger partial charge in [0, 0.05) is 20.0 Å². The molecule has 0 aromatic heterocycles. The van der Waals surface area contributed by atoms with Gasteiger partial charge in [-0.15, -0.1) is 0 Å². The van der Waals surface area contributed by atoms with Crippen LogP contribution in [0.1, 0.15) is 12.0 Å². The summed E-state index contributed by atoms with van der Waals surface area (Å²) >= 11 is 0. The van der Waals surface area contributed by atoms with Gasteiger partial charge in [-0.3, -0.25) is 24.8 Å². The molecule has 1 fully saturated rings. The molecule has 2 heterocycles. The SMILES string of the molecule is CN1NC(=O)C(CC(=O)NCc2ccc3c(c2)OCO3)C1=O. The average Bonchev–Trinajstić information content (AvgIpc) is 3.05. The van der Waals surface area contributed by atoms with E-state index in [-0.39, 0.29) is 25.7 Å². The first-order chi connectivity index (χ1) is 10.5. The molecule has 2 N–H and O–H groups in total. The maximum Gasteiger partial charge on any atom is 0.253 e. The Hall–Kier alpha value is -2.77. The van der Waals surface area contributed by atoms with Crippen LogP contribution in [0, 0.1) is 5.92 Å². The molecule has 1 aromatic carbocycles. The topological polar surface area (TPSA) is 97.0 Å². The lowest BCUT2D eigenvalue weighted by Crippen LogP contribution is -2.31. The Morgan fingerprint density at radius 3 is 2.86 bits per heavy atom. The van der Waals surface area contributed by atoms with Crippen LogP contribution in [-0.2, 0) is 20.9 Å². The number of carbonyl (C=O) groups is 3. The number of hydrogen-bond acceptors (Lipinski definition) is 5. The van der Waals surface area contributed by atoms with Crippen molar-refractivity contribution in [2.24, 2.45) is 5.92 Å². The summed E-state index contributed by atoms with van der Waals surface area (Å²) in [6.07, 6.45) is -0.167. The van der Waals surface area contributed by atoms with Gasteiger partial charge in [-0.05, 0) is 17.7 Å². The van der Waals surface area contributed by atoms with Crippen molar-refractivity contribution in [3.63, 3.8) is 0 Å². The molecule has 1 unspecified atom stereocenters. The van der Waals surface area contributed by atoms with Crippen LogP contribution in [0.15, 0.2) is 18.2 Å². The molecule has 3 amide bonds. The number of carbonyl (C=O) groups excluding carboxylic acids is 3. The zero-order valence-electron chi connectivity index (χ0n) is 11.9. The van der Waals surface area contributed by atoms with E-state index in [1.165, 1.54) is 7.05 Å². The summed E-state index contributed by atoms with van der Waals surface area (Å²) in [7, 11) is 1.45. The average molecular weight is 305 g/mol. The minimum absolute atomic E-state index is 0.167. The van der Waals surface area contributed by atoms with Gasteiger partial charge in [0.15, 0.2) is 11.5 Å². The van der Waals surface area contributed by atoms with Crippen molar-refractivity contribution in [1.29, 1.82) is 0 Å². The second-order valence-electron chi connectivity index (χ2n) is 5.09. The number of nitrogens with zero attached hydrogens (tertiary/aromatic N) is 1. The first kappa shape index (κ1) is 14.2. The minimum atomic E-state index is -0.957. The molecule has 8 heteroatoms. The third-order valence-electron chi connectivity index (χ3n) is 3.54. The summed E-state index contributed by atoms with van der Waals surface area (Å²) in [5.74, 6) is -0.859. The number of amides is 3. The smallest absolute Gasteiger partial charge is 0.253 e. The van der Waals surface area contributed by atoms with Crippen molar-refractivity contribution in [3.8, 4) is 11.5 Å². The van der Waals surface area contributed by atoms with Crippen LogP contribution in [0.4, 0.5) is 0 Å². The largest absolute Gasteiger partial charge is 0.454 e. The number of nitrogens with one attached hydrogen (secondary N) is 2. The van der Waals surface area contributed by atoms with Gasteiger partial charge in [-0.1, -0.05) is 6.07 Å². The van der Waals surface area contributed by atoms with Gasteiger partial charge < -0.3 is 14.8 Å². The fourth-order valence-corrected chi connectivity index (χ4v) is 2.33. The first-order valence-electron chi connectivity index (χ1n) is 6.78. The molecule has 116 valence electrons. The van der Waals surface area contributed by atoms with Gasteiger partial charge >= 0.3 is 0 Å². The number of ether oxygens (including phenoxy) is 2. The number of hydrogen-bond donors (Lipinski definition) is 2. The molecule has 1 atom stereocenters. The Bertz CT molecular complexity index is 645. The third kappa shape index (κ3) is 2.67. The zero-order chi connectivity index (χ0) is 15.7. The van der Waals surface area contributed by atoms with Crippen molar-refractivity contribution in [1.82, 2.24) is 15.8 Å². The quantitative estimate of drug-likeness (QED) is 0.734. The van der Waals surface area contributed by atoms with E-state index >= 15 is 0 Å². The maximum absolute atomic E-state index is 11.9. The molecule has 1 aromatic rings. The van der Waals surface area contributed by atoms with Crippen LogP contribution in [0.25, 0.3) is 0 Å². The van der Waals surface area contributed by atoms with Gasteiger partial charge in [-0.2, -0.15) is 0 Å². The number of fused-ring (bicyclic) bond motifs is 1. The second-order valence-corrected chi connectivity index (χ2v) is 5.09. The molecule has 0 aliphatic carbocycles. The zero-order valence-corrected chi connectivity index (χ0v) is 11.9. The van der Waals surface area contributed by atoms with Crippen LogP contribution in [0.2, 0.25) is 0 Å². The maximum atomic E-state index is 11.9. The van der Waals surface area contributed by atoms with E-state index in [1.807, 2.05) is 6.07 Å². The molecule has 0 spiro atoms. The Morgan fingerprint density at radius 2 is 2.14 bits per heavy atom. The third-order valence-corrected chi connectivity index (χ3v) is 3.54. The van der Waals surface area contributed by atoms with Crippen LogP contribution in [0.3, 0.4) is 0 Å². The molecular formula is C14H15N3O5. The van der Waals surface area contributed by atoms with E-state index in [0.717, 1.165) is 10.6 Å². The Labute approximate surface area is 126 Å². The molecule has 2 aliphatic heterocycles. The second kappa shape index (κ2) is 5.55. The van der Waals surface area contributed by atoms with Crippen molar-refractivity contribution < 1.29 is 23.9 Å². The summed E-state index contributed by atoms with van der Waals surface area (Å²) in [5.41, 5.74) is 3.20. The molecule has 1 saturated heterocycles. The number of hydrazine groups is 1. The molecular weight excluding hydrogens is 290 g/mol. The van der Waals surface area contributed by atoms with Gasteiger partial charge in [-0.25, -0.2) is 0 Å². The summed E-state index contributed by atoms with van der Waals surface area (Å²) < 4.78 is 10.5. The summed E-state index contributed by atoms with van der Waals surface area (Å²) in [6.45, 7) is 0.478. The number of benzene rings is 1. The van der Waals surface area contributed by atoms with Gasteiger partial charge in [0.1, 0.15) is 5.92 Å². The van der Waals surface area contributed by atoms with Crippen LogP contribution in [0.5, 0.6) is 11.5 Å². The van der Waals surface area contributed by atoms with Crippen molar-refractivity contribution >= 4 is 17.7 Å². The van der Waals surface area contributed by atoms with E-state index in [2.05, 4.69) is 10.7 Å². The minimum Gasteiger partial charge on any atom is -0.454 e. The van der Waals surface area contributed by atoms with Gasteiger partial charge in [0.05, 0.1) is 0 Å².